The van der Waals surface area contributed by atoms with Gasteiger partial charge in [-0.25, -0.2) is 0 Å². The fraction of sp³-hybridized carbons (Fsp3) is 0.300. The highest BCUT2D eigenvalue weighted by atomic mass is 16.5. The van der Waals surface area contributed by atoms with Crippen LogP contribution in [0.1, 0.15) is 30.4 Å². The predicted octanol–water partition coefficient (Wildman–Crippen LogP) is 4.39. The van der Waals surface area contributed by atoms with Gasteiger partial charge in [0, 0.05) is 17.3 Å². The molecule has 4 heteroatoms. The van der Waals surface area contributed by atoms with E-state index in [1.54, 1.807) is 0 Å². The number of anilines is 1. The lowest BCUT2D eigenvalue weighted by Gasteiger charge is -2.36. The lowest BCUT2D eigenvalue weighted by Crippen LogP contribution is -2.36. The number of para-hydroxylation sites is 1. The lowest BCUT2D eigenvalue weighted by molar-refractivity contribution is 0.369. The Kier molecular flexibility index (Phi) is 3.81. The fourth-order valence-electron chi connectivity index (χ4n) is 3.40. The molecule has 3 aromatic rings. The molecule has 24 heavy (non-hydrogen) atoms. The topological polar surface area (TPSA) is 42.2 Å². The zero-order chi connectivity index (χ0) is 16.5. The van der Waals surface area contributed by atoms with Crippen molar-refractivity contribution in [2.24, 2.45) is 0 Å². The largest absolute Gasteiger partial charge is 0.359 e. The molecule has 0 N–H and O–H groups in total. The minimum absolute atomic E-state index is 0.466. The first-order valence-corrected chi connectivity index (χ1v) is 8.45. The normalized spacial score (nSPS) is 16.9. The second-order valence-electron chi connectivity index (χ2n) is 6.47. The molecule has 0 spiro atoms. The second kappa shape index (κ2) is 6.11. The molecule has 0 saturated heterocycles. The standard InChI is InChI=1S/C20H21N3O/c1-14-7-3-5-9-17(14)20-21-19(24-22-20)13-23-15(2)11-12-16-8-4-6-10-18(16)23/h3-10,15H,11-13H2,1-2H3. The Morgan fingerprint density at radius 2 is 1.92 bits per heavy atom. The summed E-state index contributed by atoms with van der Waals surface area (Å²) in [5.74, 6) is 1.33. The molecule has 0 amide bonds. The van der Waals surface area contributed by atoms with E-state index in [2.05, 4.69) is 59.2 Å². The Balaban J connectivity index is 1.62. The molecular formula is C20H21N3O. The molecule has 2 heterocycles. The monoisotopic (exact) mass is 319 g/mol. The SMILES string of the molecule is Cc1ccccc1-c1noc(CN2c3ccccc3CCC2C)n1. The number of nitrogens with zero attached hydrogens (tertiary/aromatic N) is 3. The Labute approximate surface area is 142 Å². The Morgan fingerprint density at radius 3 is 2.79 bits per heavy atom. The highest BCUT2D eigenvalue weighted by Crippen LogP contribution is 2.31. The third-order valence-electron chi connectivity index (χ3n) is 4.82. The van der Waals surface area contributed by atoms with Crippen LogP contribution in [0, 0.1) is 6.92 Å². The average Bonchev–Trinajstić information content (AvgIpc) is 3.06. The molecule has 1 aromatic heterocycles. The van der Waals surface area contributed by atoms with Gasteiger partial charge < -0.3 is 9.42 Å². The summed E-state index contributed by atoms with van der Waals surface area (Å²) in [7, 11) is 0. The van der Waals surface area contributed by atoms with Gasteiger partial charge in [0.2, 0.25) is 11.7 Å². The third-order valence-corrected chi connectivity index (χ3v) is 4.82. The molecule has 122 valence electrons. The summed E-state index contributed by atoms with van der Waals surface area (Å²) in [5, 5.41) is 4.18. The van der Waals surface area contributed by atoms with Crippen molar-refractivity contribution in [3.8, 4) is 11.4 Å². The van der Waals surface area contributed by atoms with Crippen molar-refractivity contribution in [3.63, 3.8) is 0 Å². The molecule has 0 fully saturated rings. The molecule has 4 rings (SSSR count). The van der Waals surface area contributed by atoms with Crippen LogP contribution in [0.5, 0.6) is 0 Å². The zero-order valence-corrected chi connectivity index (χ0v) is 14.1. The van der Waals surface area contributed by atoms with E-state index in [-0.39, 0.29) is 0 Å². The van der Waals surface area contributed by atoms with Crippen molar-refractivity contribution < 1.29 is 4.52 Å². The summed E-state index contributed by atoms with van der Waals surface area (Å²) in [4.78, 5) is 6.99. The van der Waals surface area contributed by atoms with Gasteiger partial charge in [0.05, 0.1) is 6.54 Å². The van der Waals surface area contributed by atoms with Crippen molar-refractivity contribution in [3.05, 3.63) is 65.5 Å². The number of aromatic nitrogens is 2. The second-order valence-corrected chi connectivity index (χ2v) is 6.47. The molecule has 2 aromatic carbocycles. The minimum atomic E-state index is 0.466. The summed E-state index contributed by atoms with van der Waals surface area (Å²) in [6.45, 7) is 4.97. The van der Waals surface area contributed by atoms with Crippen LogP contribution < -0.4 is 4.90 Å². The maximum atomic E-state index is 5.54. The Morgan fingerprint density at radius 1 is 1.12 bits per heavy atom. The average molecular weight is 319 g/mol. The highest BCUT2D eigenvalue weighted by molar-refractivity contribution is 5.59. The van der Waals surface area contributed by atoms with E-state index < -0.39 is 0 Å². The maximum Gasteiger partial charge on any atom is 0.246 e. The van der Waals surface area contributed by atoms with Gasteiger partial charge in [-0.15, -0.1) is 0 Å². The molecule has 1 aliphatic rings. The smallest absolute Gasteiger partial charge is 0.246 e. The summed E-state index contributed by atoms with van der Waals surface area (Å²) in [5.41, 5.74) is 4.86. The quantitative estimate of drug-likeness (QED) is 0.718. The van der Waals surface area contributed by atoms with Crippen molar-refractivity contribution in [1.29, 1.82) is 0 Å². The number of aryl methyl sites for hydroxylation is 2. The fourth-order valence-corrected chi connectivity index (χ4v) is 3.40. The van der Waals surface area contributed by atoms with Crippen LogP contribution in [-0.4, -0.2) is 16.2 Å². The van der Waals surface area contributed by atoms with Gasteiger partial charge in [0.15, 0.2) is 0 Å². The maximum absolute atomic E-state index is 5.54. The third kappa shape index (κ3) is 2.68. The molecule has 0 aliphatic carbocycles. The molecule has 0 saturated carbocycles. The predicted molar refractivity (Wildman–Crippen MR) is 94.9 cm³/mol. The van der Waals surface area contributed by atoms with E-state index in [1.807, 2.05) is 18.2 Å². The van der Waals surface area contributed by atoms with Crippen LogP contribution in [0.3, 0.4) is 0 Å². The van der Waals surface area contributed by atoms with Gasteiger partial charge in [0.25, 0.3) is 0 Å². The van der Waals surface area contributed by atoms with Gasteiger partial charge in [-0.05, 0) is 43.9 Å². The number of hydrogen-bond donors (Lipinski definition) is 0. The Bertz CT molecular complexity index is 855. The molecule has 0 bridgehead atoms. The molecular weight excluding hydrogens is 298 g/mol. The Hall–Kier alpha value is -2.62. The summed E-state index contributed by atoms with van der Waals surface area (Å²) >= 11 is 0. The van der Waals surface area contributed by atoms with E-state index >= 15 is 0 Å². The van der Waals surface area contributed by atoms with E-state index in [0.29, 0.717) is 24.3 Å². The molecule has 1 atom stereocenters. The van der Waals surface area contributed by atoms with Crippen molar-refractivity contribution >= 4 is 5.69 Å². The van der Waals surface area contributed by atoms with Crippen molar-refractivity contribution in [2.45, 2.75) is 39.3 Å². The van der Waals surface area contributed by atoms with E-state index in [9.17, 15) is 0 Å². The van der Waals surface area contributed by atoms with E-state index in [4.69, 9.17) is 4.52 Å². The lowest BCUT2D eigenvalue weighted by atomic mass is 9.97. The van der Waals surface area contributed by atoms with Gasteiger partial charge in [0.1, 0.15) is 0 Å². The number of rotatable bonds is 3. The molecule has 1 unspecified atom stereocenters. The zero-order valence-electron chi connectivity index (χ0n) is 14.1. The highest BCUT2D eigenvalue weighted by Gasteiger charge is 2.24. The molecule has 4 nitrogen and oxygen atoms in total. The first kappa shape index (κ1) is 14.9. The van der Waals surface area contributed by atoms with Crippen LogP contribution in [0.25, 0.3) is 11.4 Å². The number of benzene rings is 2. The van der Waals surface area contributed by atoms with Crippen LogP contribution >= 0.6 is 0 Å². The first-order chi connectivity index (χ1) is 11.7. The minimum Gasteiger partial charge on any atom is -0.359 e. The number of hydrogen-bond acceptors (Lipinski definition) is 4. The van der Waals surface area contributed by atoms with Crippen LogP contribution in [0.2, 0.25) is 0 Å². The van der Waals surface area contributed by atoms with Gasteiger partial charge in [-0.3, -0.25) is 0 Å². The van der Waals surface area contributed by atoms with E-state index in [0.717, 1.165) is 24.0 Å². The van der Waals surface area contributed by atoms with Crippen LogP contribution in [0.15, 0.2) is 53.1 Å². The number of fused-ring (bicyclic) bond motifs is 1. The summed E-state index contributed by atoms with van der Waals surface area (Å²) in [6, 6.07) is 17.2. The van der Waals surface area contributed by atoms with Crippen LogP contribution in [0.4, 0.5) is 5.69 Å². The van der Waals surface area contributed by atoms with Gasteiger partial charge >= 0.3 is 0 Å². The summed E-state index contributed by atoms with van der Waals surface area (Å²) in [6.07, 6.45) is 2.28. The van der Waals surface area contributed by atoms with Gasteiger partial charge in [-0.1, -0.05) is 47.6 Å². The van der Waals surface area contributed by atoms with Crippen molar-refractivity contribution in [2.75, 3.05) is 4.90 Å². The summed E-state index contributed by atoms with van der Waals surface area (Å²) < 4.78 is 5.54. The van der Waals surface area contributed by atoms with Gasteiger partial charge in [-0.2, -0.15) is 4.98 Å². The molecule has 0 radical (unpaired) electrons. The van der Waals surface area contributed by atoms with E-state index in [1.165, 1.54) is 11.3 Å². The first-order valence-electron chi connectivity index (χ1n) is 8.45. The van der Waals surface area contributed by atoms with Crippen molar-refractivity contribution in [1.82, 2.24) is 10.1 Å². The molecule has 1 aliphatic heterocycles. The van der Waals surface area contributed by atoms with Crippen LogP contribution in [-0.2, 0) is 13.0 Å².